The molecule has 0 aromatic carbocycles. The van der Waals surface area contributed by atoms with Gasteiger partial charge in [-0.25, -0.2) is 0 Å². The third-order valence-electron chi connectivity index (χ3n) is 4.18. The van der Waals surface area contributed by atoms with E-state index in [-0.39, 0.29) is 0 Å². The van der Waals surface area contributed by atoms with E-state index in [4.69, 9.17) is 4.42 Å². The van der Waals surface area contributed by atoms with Crippen molar-refractivity contribution in [1.29, 1.82) is 0 Å². The largest absolute Gasteiger partial charge is 0.465 e. The van der Waals surface area contributed by atoms with Crippen LogP contribution >= 0.6 is 0 Å². The van der Waals surface area contributed by atoms with Crippen molar-refractivity contribution in [1.82, 2.24) is 10.2 Å². The van der Waals surface area contributed by atoms with Gasteiger partial charge in [0.25, 0.3) is 0 Å². The van der Waals surface area contributed by atoms with E-state index in [2.05, 4.69) is 44.0 Å². The molecule has 0 radical (unpaired) electrons. The van der Waals surface area contributed by atoms with E-state index in [1.165, 1.54) is 24.9 Å². The van der Waals surface area contributed by atoms with Crippen LogP contribution in [-0.2, 0) is 13.1 Å². The van der Waals surface area contributed by atoms with Crippen LogP contribution in [0.2, 0.25) is 0 Å². The molecule has 2 heterocycles. The van der Waals surface area contributed by atoms with Crippen LogP contribution in [0.15, 0.2) is 10.5 Å². The fourth-order valence-corrected chi connectivity index (χ4v) is 3.10. The van der Waals surface area contributed by atoms with E-state index >= 15 is 0 Å². The third kappa shape index (κ3) is 3.61. The van der Waals surface area contributed by atoms with Gasteiger partial charge < -0.3 is 9.73 Å². The molecule has 0 amide bonds. The summed E-state index contributed by atoms with van der Waals surface area (Å²) in [6.45, 7) is 13.0. The van der Waals surface area contributed by atoms with Gasteiger partial charge in [0.05, 0.1) is 6.54 Å². The summed E-state index contributed by atoms with van der Waals surface area (Å²) in [5.74, 6) is 2.90. The fourth-order valence-electron chi connectivity index (χ4n) is 3.10. The second kappa shape index (κ2) is 6.58. The van der Waals surface area contributed by atoms with Crippen LogP contribution in [0.3, 0.4) is 0 Å². The summed E-state index contributed by atoms with van der Waals surface area (Å²) in [6.07, 6.45) is 2.68. The number of rotatable bonds is 6. The Bertz CT molecular complexity index is 397. The molecule has 3 nitrogen and oxygen atoms in total. The molecule has 0 aliphatic carbocycles. The summed E-state index contributed by atoms with van der Waals surface area (Å²) in [6, 6.07) is 2.97. The lowest BCUT2D eigenvalue weighted by Gasteiger charge is -2.27. The lowest BCUT2D eigenvalue weighted by Crippen LogP contribution is -2.32. The van der Waals surface area contributed by atoms with Gasteiger partial charge in [-0.2, -0.15) is 0 Å². The zero-order valence-corrected chi connectivity index (χ0v) is 12.8. The number of aryl methyl sites for hydroxylation is 1. The maximum absolute atomic E-state index is 5.83. The molecule has 0 bridgehead atoms. The van der Waals surface area contributed by atoms with Crippen molar-refractivity contribution >= 4 is 0 Å². The lowest BCUT2D eigenvalue weighted by atomic mass is 10.0. The maximum Gasteiger partial charge on any atom is 0.118 e. The molecule has 108 valence electrons. The van der Waals surface area contributed by atoms with Gasteiger partial charge in [0, 0.05) is 18.2 Å². The van der Waals surface area contributed by atoms with E-state index in [0.717, 1.165) is 43.1 Å². The van der Waals surface area contributed by atoms with Crippen LogP contribution in [0.25, 0.3) is 0 Å². The Kier molecular flexibility index (Phi) is 5.06. The van der Waals surface area contributed by atoms with Crippen molar-refractivity contribution < 1.29 is 4.42 Å². The second-order valence-electron chi connectivity index (χ2n) is 6.00. The van der Waals surface area contributed by atoms with Gasteiger partial charge in [-0.3, -0.25) is 4.90 Å². The van der Waals surface area contributed by atoms with E-state index in [9.17, 15) is 0 Å². The second-order valence-corrected chi connectivity index (χ2v) is 6.00. The van der Waals surface area contributed by atoms with Crippen LogP contribution in [-0.4, -0.2) is 24.0 Å². The molecule has 1 fully saturated rings. The van der Waals surface area contributed by atoms with Crippen molar-refractivity contribution in [2.45, 2.75) is 59.7 Å². The molecule has 2 rings (SSSR count). The van der Waals surface area contributed by atoms with Crippen molar-refractivity contribution in [3.05, 3.63) is 23.2 Å². The Labute approximate surface area is 117 Å². The van der Waals surface area contributed by atoms with Crippen LogP contribution < -0.4 is 5.32 Å². The van der Waals surface area contributed by atoms with E-state index in [0.29, 0.717) is 0 Å². The minimum absolute atomic E-state index is 0.742. The quantitative estimate of drug-likeness (QED) is 0.854. The number of hydrogen-bond acceptors (Lipinski definition) is 3. The molecule has 1 atom stereocenters. The first-order chi connectivity index (χ1) is 9.11. The molecule has 1 aliphatic rings. The molecular weight excluding hydrogens is 236 g/mol. The number of furan rings is 1. The SMILES string of the molecule is CCNCc1cc(CN2CCCC2C(C)C)c(C)o1. The topological polar surface area (TPSA) is 28.4 Å². The van der Waals surface area contributed by atoms with E-state index in [1.54, 1.807) is 0 Å². The fraction of sp³-hybridized carbons (Fsp3) is 0.750. The van der Waals surface area contributed by atoms with E-state index in [1.807, 2.05) is 0 Å². The minimum atomic E-state index is 0.742. The maximum atomic E-state index is 5.83. The monoisotopic (exact) mass is 264 g/mol. The summed E-state index contributed by atoms with van der Waals surface area (Å²) >= 11 is 0. The van der Waals surface area contributed by atoms with Crippen molar-refractivity contribution in [2.24, 2.45) is 5.92 Å². The molecule has 1 saturated heterocycles. The van der Waals surface area contributed by atoms with Crippen molar-refractivity contribution in [3.63, 3.8) is 0 Å². The first kappa shape index (κ1) is 14.6. The van der Waals surface area contributed by atoms with Gasteiger partial charge in [0.2, 0.25) is 0 Å². The smallest absolute Gasteiger partial charge is 0.118 e. The number of nitrogens with zero attached hydrogens (tertiary/aromatic N) is 1. The number of hydrogen-bond donors (Lipinski definition) is 1. The van der Waals surface area contributed by atoms with Crippen molar-refractivity contribution in [2.75, 3.05) is 13.1 Å². The van der Waals surface area contributed by atoms with Gasteiger partial charge in [-0.1, -0.05) is 20.8 Å². The standard InChI is InChI=1S/C16H28N2O/c1-5-17-10-15-9-14(13(4)19-15)11-18-8-6-7-16(18)12(2)3/h9,12,16-17H,5-8,10-11H2,1-4H3. The first-order valence-corrected chi connectivity index (χ1v) is 7.64. The molecule has 1 aliphatic heterocycles. The molecule has 0 spiro atoms. The Hall–Kier alpha value is -0.800. The zero-order valence-electron chi connectivity index (χ0n) is 12.8. The van der Waals surface area contributed by atoms with Crippen LogP contribution in [0.4, 0.5) is 0 Å². The third-order valence-corrected chi connectivity index (χ3v) is 4.18. The Balaban J connectivity index is 2.00. The van der Waals surface area contributed by atoms with Gasteiger partial charge in [0.15, 0.2) is 0 Å². The predicted molar refractivity (Wildman–Crippen MR) is 79.1 cm³/mol. The number of nitrogens with one attached hydrogen (secondary N) is 1. The van der Waals surface area contributed by atoms with Gasteiger partial charge in [-0.15, -0.1) is 0 Å². The summed E-state index contributed by atoms with van der Waals surface area (Å²) in [7, 11) is 0. The van der Waals surface area contributed by atoms with Gasteiger partial charge in [-0.05, 0) is 44.8 Å². The first-order valence-electron chi connectivity index (χ1n) is 7.64. The van der Waals surface area contributed by atoms with Crippen LogP contribution in [0.1, 0.15) is 50.7 Å². The molecule has 1 aromatic rings. The Morgan fingerprint density at radius 1 is 1.47 bits per heavy atom. The number of likely N-dealkylation sites (tertiary alicyclic amines) is 1. The normalized spacial score (nSPS) is 20.6. The molecule has 1 N–H and O–H groups in total. The van der Waals surface area contributed by atoms with Crippen LogP contribution in [0, 0.1) is 12.8 Å². The zero-order chi connectivity index (χ0) is 13.8. The summed E-state index contributed by atoms with van der Waals surface area (Å²) in [5, 5.41) is 3.32. The van der Waals surface area contributed by atoms with Crippen molar-refractivity contribution in [3.8, 4) is 0 Å². The van der Waals surface area contributed by atoms with E-state index < -0.39 is 0 Å². The molecular formula is C16H28N2O. The van der Waals surface area contributed by atoms with Gasteiger partial charge in [0.1, 0.15) is 11.5 Å². The Morgan fingerprint density at radius 3 is 2.95 bits per heavy atom. The predicted octanol–water partition coefficient (Wildman–Crippen LogP) is 3.32. The average Bonchev–Trinajstić information content (AvgIpc) is 2.95. The lowest BCUT2D eigenvalue weighted by molar-refractivity contribution is 0.198. The Morgan fingerprint density at radius 2 is 2.26 bits per heavy atom. The molecule has 1 aromatic heterocycles. The molecule has 0 saturated carbocycles. The summed E-state index contributed by atoms with van der Waals surface area (Å²) in [5.41, 5.74) is 1.36. The van der Waals surface area contributed by atoms with Crippen LogP contribution in [0.5, 0.6) is 0 Å². The molecule has 1 unspecified atom stereocenters. The molecule has 3 heteroatoms. The highest BCUT2D eigenvalue weighted by Crippen LogP contribution is 2.27. The average molecular weight is 264 g/mol. The molecule has 19 heavy (non-hydrogen) atoms. The highest BCUT2D eigenvalue weighted by molar-refractivity contribution is 5.21. The van der Waals surface area contributed by atoms with Gasteiger partial charge >= 0.3 is 0 Å². The summed E-state index contributed by atoms with van der Waals surface area (Å²) < 4.78 is 5.83. The minimum Gasteiger partial charge on any atom is -0.465 e. The highest BCUT2D eigenvalue weighted by atomic mass is 16.3. The summed E-state index contributed by atoms with van der Waals surface area (Å²) in [4.78, 5) is 2.62. The highest BCUT2D eigenvalue weighted by Gasteiger charge is 2.27.